The Morgan fingerprint density at radius 1 is 0.829 bits per heavy atom. The fraction of sp³-hybridized carbons (Fsp3) is 0.387. The maximum Gasteiger partial charge on any atom is 0.411 e. The van der Waals surface area contributed by atoms with Crippen molar-refractivity contribution in [3.8, 4) is 33.6 Å². The Balaban J connectivity index is 1.15. The van der Waals surface area contributed by atoms with Crippen LogP contribution < -0.4 is 5.32 Å². The van der Waals surface area contributed by atoms with Crippen molar-refractivity contribution in [1.82, 2.24) is 30.2 Å². The Hall–Kier alpha value is -4.05. The van der Waals surface area contributed by atoms with E-state index >= 15 is 0 Å². The molecule has 214 valence electrons. The lowest BCUT2D eigenvalue weighted by Crippen LogP contribution is -2.37. The summed E-state index contributed by atoms with van der Waals surface area (Å²) in [6.45, 7) is 6.60. The summed E-state index contributed by atoms with van der Waals surface area (Å²) >= 11 is 0. The molecule has 2 aromatic carbocycles. The average Bonchev–Trinajstić information content (AvgIpc) is 3.75. The fourth-order valence-corrected chi connectivity index (χ4v) is 5.50. The van der Waals surface area contributed by atoms with Crippen molar-refractivity contribution in [2.24, 2.45) is 0 Å². The zero-order chi connectivity index (χ0) is 28.7. The topological polar surface area (TPSA) is 98.9 Å². The first kappa shape index (κ1) is 27.1. The van der Waals surface area contributed by atoms with Gasteiger partial charge in [-0.3, -0.25) is 4.90 Å². The number of carbonyl (C=O) groups is 1. The molecule has 0 spiro atoms. The molecule has 4 heterocycles. The number of halogens is 2. The monoisotopic (exact) mass is 560 g/mol. The van der Waals surface area contributed by atoms with E-state index in [9.17, 15) is 13.6 Å². The number of benzene rings is 2. The third kappa shape index (κ3) is 5.61. The summed E-state index contributed by atoms with van der Waals surface area (Å²) in [5.41, 5.74) is 4.91. The van der Waals surface area contributed by atoms with Crippen molar-refractivity contribution in [3.63, 3.8) is 0 Å². The van der Waals surface area contributed by atoms with Gasteiger partial charge in [0, 0.05) is 19.6 Å². The molecule has 0 saturated carbocycles. The van der Waals surface area contributed by atoms with Crippen LogP contribution in [0, 0.1) is 0 Å². The van der Waals surface area contributed by atoms with E-state index in [4.69, 9.17) is 4.74 Å². The zero-order valence-electron chi connectivity index (χ0n) is 23.3. The first-order valence-electron chi connectivity index (χ1n) is 14.0. The average molecular weight is 561 g/mol. The van der Waals surface area contributed by atoms with Crippen LogP contribution in [0.2, 0.25) is 0 Å². The number of carbonyl (C=O) groups excluding carboxylic acids is 1. The number of aromatic amines is 2. The minimum absolute atomic E-state index is 0.241. The first-order chi connectivity index (χ1) is 19.7. The molecule has 1 amide bonds. The van der Waals surface area contributed by atoms with Crippen LogP contribution in [0.3, 0.4) is 0 Å². The summed E-state index contributed by atoms with van der Waals surface area (Å²) < 4.78 is 34.4. The van der Waals surface area contributed by atoms with E-state index in [0.717, 1.165) is 33.6 Å². The van der Waals surface area contributed by atoms with E-state index in [1.807, 2.05) is 48.5 Å². The number of alkyl halides is 2. The molecular weight excluding hydrogens is 526 g/mol. The lowest BCUT2D eigenvalue weighted by Gasteiger charge is -2.28. The molecule has 41 heavy (non-hydrogen) atoms. The first-order valence-corrected chi connectivity index (χ1v) is 14.0. The summed E-state index contributed by atoms with van der Waals surface area (Å²) in [5.74, 6) is 0.836. The SMILES string of the molecule is CC(C)(C)OC(=O)N1CC[C@@H](F)C1c1ncc(-c2ccc(-c3ccc(-c4cnc([C@H]5CNC[C@H]5F)[nH]4)cc3)cc2)[nH]1. The van der Waals surface area contributed by atoms with Gasteiger partial charge in [-0.25, -0.2) is 23.5 Å². The molecule has 2 fully saturated rings. The van der Waals surface area contributed by atoms with Gasteiger partial charge in [-0.2, -0.15) is 0 Å². The molecule has 2 saturated heterocycles. The number of H-pyrrole nitrogens is 2. The number of ether oxygens (including phenoxy) is 1. The van der Waals surface area contributed by atoms with Gasteiger partial charge in [0.15, 0.2) is 0 Å². The van der Waals surface area contributed by atoms with Crippen LogP contribution in [0.5, 0.6) is 0 Å². The largest absolute Gasteiger partial charge is 0.444 e. The molecule has 2 aliphatic rings. The lowest BCUT2D eigenvalue weighted by molar-refractivity contribution is 0.0186. The van der Waals surface area contributed by atoms with Gasteiger partial charge >= 0.3 is 6.09 Å². The standard InChI is InChI=1S/C31H34F2N6O2/c1-31(2,3)41-30(40)39-13-12-23(32)27(39)29-36-17-26(38-29)21-10-6-19(7-11-21)18-4-8-20(9-5-18)25-16-35-28(37-25)22-14-34-15-24(22)33/h4-11,16-17,22-24,27,34H,12-15H2,1-3H3,(H,35,37)(H,36,38)/t22-,23+,24+,27?/m0/s1. The predicted octanol–water partition coefficient (Wildman–Crippen LogP) is 6.18. The van der Waals surface area contributed by atoms with Crippen LogP contribution in [0.4, 0.5) is 13.6 Å². The van der Waals surface area contributed by atoms with Crippen LogP contribution >= 0.6 is 0 Å². The van der Waals surface area contributed by atoms with Gasteiger partial charge in [0.2, 0.25) is 0 Å². The molecule has 0 bridgehead atoms. The highest BCUT2D eigenvalue weighted by Gasteiger charge is 2.42. The van der Waals surface area contributed by atoms with E-state index in [2.05, 4.69) is 25.3 Å². The maximum absolute atomic E-state index is 14.9. The Morgan fingerprint density at radius 3 is 1.90 bits per heavy atom. The van der Waals surface area contributed by atoms with Crippen LogP contribution in [-0.4, -0.2) is 68.5 Å². The van der Waals surface area contributed by atoms with E-state index < -0.39 is 30.1 Å². The van der Waals surface area contributed by atoms with E-state index in [1.165, 1.54) is 4.90 Å². The second-order valence-corrected chi connectivity index (χ2v) is 11.7. The van der Waals surface area contributed by atoms with Gasteiger partial charge in [0.25, 0.3) is 0 Å². The molecule has 4 atom stereocenters. The summed E-state index contributed by atoms with van der Waals surface area (Å²) in [4.78, 5) is 29.4. The third-order valence-corrected chi connectivity index (χ3v) is 7.64. The molecule has 10 heteroatoms. The highest BCUT2D eigenvalue weighted by molar-refractivity contribution is 5.72. The smallest absolute Gasteiger partial charge is 0.411 e. The van der Waals surface area contributed by atoms with Crippen molar-refractivity contribution in [3.05, 3.63) is 72.6 Å². The highest BCUT2D eigenvalue weighted by atomic mass is 19.1. The van der Waals surface area contributed by atoms with Crippen molar-refractivity contribution >= 4 is 6.09 Å². The molecule has 0 aliphatic carbocycles. The molecule has 6 rings (SSSR count). The van der Waals surface area contributed by atoms with Crippen LogP contribution in [-0.2, 0) is 4.74 Å². The Labute approximate surface area is 237 Å². The second-order valence-electron chi connectivity index (χ2n) is 11.7. The number of aromatic nitrogens is 4. The quantitative estimate of drug-likeness (QED) is 0.271. The normalized spacial score (nSPS) is 22.8. The van der Waals surface area contributed by atoms with Crippen molar-refractivity contribution in [1.29, 1.82) is 0 Å². The highest BCUT2D eigenvalue weighted by Crippen LogP contribution is 2.35. The second kappa shape index (κ2) is 10.7. The number of hydrogen-bond donors (Lipinski definition) is 3. The molecular formula is C31H34F2N6O2. The Kier molecular flexibility index (Phi) is 7.11. The van der Waals surface area contributed by atoms with Crippen LogP contribution in [0.15, 0.2) is 60.9 Å². The molecule has 0 radical (unpaired) electrons. The lowest BCUT2D eigenvalue weighted by atomic mass is 10.0. The molecule has 4 aromatic rings. The van der Waals surface area contributed by atoms with E-state index in [-0.39, 0.29) is 18.9 Å². The number of likely N-dealkylation sites (tertiary alicyclic amines) is 1. The van der Waals surface area contributed by atoms with E-state index in [0.29, 0.717) is 24.7 Å². The van der Waals surface area contributed by atoms with Gasteiger partial charge in [-0.15, -0.1) is 0 Å². The molecule has 1 unspecified atom stereocenters. The number of hydrogen-bond acceptors (Lipinski definition) is 5. The summed E-state index contributed by atoms with van der Waals surface area (Å²) in [7, 11) is 0. The Bertz CT molecular complexity index is 1510. The van der Waals surface area contributed by atoms with Crippen molar-refractivity contribution < 1.29 is 18.3 Å². The summed E-state index contributed by atoms with van der Waals surface area (Å²) in [6, 6.07) is 15.3. The van der Waals surface area contributed by atoms with Gasteiger partial charge in [0.1, 0.15) is 35.6 Å². The van der Waals surface area contributed by atoms with E-state index in [1.54, 1.807) is 33.2 Å². The molecule has 2 aliphatic heterocycles. The Morgan fingerprint density at radius 2 is 1.37 bits per heavy atom. The van der Waals surface area contributed by atoms with Crippen LogP contribution in [0.25, 0.3) is 33.6 Å². The number of amides is 1. The number of nitrogens with one attached hydrogen (secondary N) is 3. The number of nitrogens with zero attached hydrogens (tertiary/aromatic N) is 3. The molecule has 3 N–H and O–H groups in total. The maximum atomic E-state index is 14.9. The minimum Gasteiger partial charge on any atom is -0.444 e. The summed E-state index contributed by atoms with van der Waals surface area (Å²) in [6.07, 6.45) is 0.979. The number of imidazole rings is 2. The third-order valence-electron chi connectivity index (χ3n) is 7.64. The van der Waals surface area contributed by atoms with Gasteiger partial charge in [-0.1, -0.05) is 48.5 Å². The van der Waals surface area contributed by atoms with Gasteiger partial charge in [-0.05, 0) is 49.4 Å². The number of rotatable bonds is 5. The summed E-state index contributed by atoms with van der Waals surface area (Å²) in [5, 5.41) is 3.06. The predicted molar refractivity (Wildman–Crippen MR) is 153 cm³/mol. The van der Waals surface area contributed by atoms with Crippen molar-refractivity contribution in [2.45, 2.75) is 57.1 Å². The minimum atomic E-state index is -1.22. The van der Waals surface area contributed by atoms with Crippen LogP contribution in [0.1, 0.15) is 50.8 Å². The molecule has 2 aromatic heterocycles. The fourth-order valence-electron chi connectivity index (χ4n) is 5.50. The zero-order valence-corrected chi connectivity index (χ0v) is 23.3. The van der Waals surface area contributed by atoms with Gasteiger partial charge in [0.05, 0.1) is 29.7 Å². The molecule has 8 nitrogen and oxygen atoms in total. The van der Waals surface area contributed by atoms with Crippen molar-refractivity contribution in [2.75, 3.05) is 19.6 Å². The van der Waals surface area contributed by atoms with Gasteiger partial charge < -0.3 is 20.0 Å².